The fraction of sp³-hybridized carbons (Fsp3) is 0.409. The molecule has 0 fully saturated rings. The quantitative estimate of drug-likeness (QED) is 0.675. The van der Waals surface area contributed by atoms with Crippen LogP contribution < -0.4 is 10.1 Å². The number of ether oxygens (including phenoxy) is 1. The third-order valence-electron chi connectivity index (χ3n) is 4.46. The molecule has 2 rings (SSSR count). The molecule has 5 nitrogen and oxygen atoms in total. The minimum absolute atomic E-state index is 0.0108. The Morgan fingerprint density at radius 2 is 1.78 bits per heavy atom. The predicted molar refractivity (Wildman–Crippen MR) is 108 cm³/mol. The van der Waals surface area contributed by atoms with Crippen LogP contribution in [0.1, 0.15) is 22.8 Å². The molecular formula is C22H30N2O3. The number of likely N-dealkylation sites (N-methyl/N-ethyl adjacent to an activating group) is 1. The van der Waals surface area contributed by atoms with Crippen LogP contribution in [-0.2, 0) is 6.42 Å². The maximum absolute atomic E-state index is 12.7. The summed E-state index contributed by atoms with van der Waals surface area (Å²) in [4.78, 5) is 14.7. The van der Waals surface area contributed by atoms with Crippen LogP contribution in [0.25, 0.3) is 0 Å². The van der Waals surface area contributed by atoms with E-state index in [9.17, 15) is 9.90 Å². The normalized spacial score (nSPS) is 13.2. The number of hydrogen-bond acceptors (Lipinski definition) is 4. The second kappa shape index (κ2) is 10.1. The van der Waals surface area contributed by atoms with E-state index in [0.717, 1.165) is 12.1 Å². The van der Waals surface area contributed by atoms with Gasteiger partial charge in [0.15, 0.2) is 0 Å². The molecule has 0 aliphatic carbocycles. The zero-order valence-corrected chi connectivity index (χ0v) is 16.4. The summed E-state index contributed by atoms with van der Waals surface area (Å²) in [5.41, 5.74) is 1.21. The standard InChI is InChI=1S/C22H30N2O3/c1-22(17-25,15-18-9-5-4-6-10-18)16-23-21(26)19-11-7-8-12-20(19)27-14-13-24(2)3/h4-12,25H,13-17H2,1-3H3,(H,23,26)/t22-/m0/s1. The highest BCUT2D eigenvalue weighted by molar-refractivity contribution is 5.96. The van der Waals surface area contributed by atoms with Crippen LogP contribution >= 0.6 is 0 Å². The highest BCUT2D eigenvalue weighted by Crippen LogP contribution is 2.22. The molecule has 5 heteroatoms. The Bertz CT molecular complexity index is 719. The average molecular weight is 370 g/mol. The molecule has 0 aromatic heterocycles. The highest BCUT2D eigenvalue weighted by atomic mass is 16.5. The number of nitrogens with one attached hydrogen (secondary N) is 1. The molecule has 2 N–H and O–H groups in total. The highest BCUT2D eigenvalue weighted by Gasteiger charge is 2.25. The summed E-state index contributed by atoms with van der Waals surface area (Å²) < 4.78 is 5.77. The van der Waals surface area contributed by atoms with Crippen molar-refractivity contribution in [2.45, 2.75) is 13.3 Å². The number of rotatable bonds is 10. The van der Waals surface area contributed by atoms with Crippen molar-refractivity contribution in [2.24, 2.45) is 5.41 Å². The molecule has 0 radical (unpaired) electrons. The molecule has 0 saturated heterocycles. The molecule has 2 aromatic carbocycles. The molecule has 0 unspecified atom stereocenters. The maximum Gasteiger partial charge on any atom is 0.255 e. The van der Waals surface area contributed by atoms with Gasteiger partial charge in [0.25, 0.3) is 5.91 Å². The molecule has 2 aromatic rings. The fourth-order valence-electron chi connectivity index (χ4n) is 2.77. The van der Waals surface area contributed by atoms with Crippen molar-refractivity contribution < 1.29 is 14.6 Å². The lowest BCUT2D eigenvalue weighted by Crippen LogP contribution is -2.39. The Morgan fingerprint density at radius 3 is 2.44 bits per heavy atom. The molecule has 0 aliphatic rings. The van der Waals surface area contributed by atoms with Crippen molar-refractivity contribution in [1.29, 1.82) is 0 Å². The van der Waals surface area contributed by atoms with E-state index >= 15 is 0 Å². The number of benzene rings is 2. The van der Waals surface area contributed by atoms with Gasteiger partial charge in [-0.05, 0) is 38.2 Å². The minimum atomic E-state index is -0.433. The zero-order chi connectivity index (χ0) is 19.7. The molecule has 27 heavy (non-hydrogen) atoms. The van der Waals surface area contributed by atoms with Gasteiger partial charge in [-0.15, -0.1) is 0 Å². The Morgan fingerprint density at radius 1 is 1.11 bits per heavy atom. The monoisotopic (exact) mass is 370 g/mol. The topological polar surface area (TPSA) is 61.8 Å². The largest absolute Gasteiger partial charge is 0.491 e. The lowest BCUT2D eigenvalue weighted by molar-refractivity contribution is 0.0891. The van der Waals surface area contributed by atoms with E-state index in [0.29, 0.717) is 30.9 Å². The first-order chi connectivity index (χ1) is 12.9. The first-order valence-electron chi connectivity index (χ1n) is 9.23. The molecule has 0 spiro atoms. The van der Waals surface area contributed by atoms with Gasteiger partial charge in [0.1, 0.15) is 12.4 Å². The summed E-state index contributed by atoms with van der Waals surface area (Å²) in [7, 11) is 3.95. The van der Waals surface area contributed by atoms with Crippen LogP contribution in [0.15, 0.2) is 54.6 Å². The van der Waals surface area contributed by atoms with Crippen molar-refractivity contribution in [1.82, 2.24) is 10.2 Å². The van der Waals surface area contributed by atoms with Crippen LogP contribution in [0.5, 0.6) is 5.75 Å². The fourth-order valence-corrected chi connectivity index (χ4v) is 2.77. The van der Waals surface area contributed by atoms with Crippen LogP contribution in [0.3, 0.4) is 0 Å². The van der Waals surface area contributed by atoms with E-state index in [-0.39, 0.29) is 12.5 Å². The molecule has 0 saturated carbocycles. The number of amides is 1. The molecule has 1 atom stereocenters. The lowest BCUT2D eigenvalue weighted by Gasteiger charge is -2.28. The summed E-state index contributed by atoms with van der Waals surface area (Å²) >= 11 is 0. The summed E-state index contributed by atoms with van der Waals surface area (Å²) in [6.45, 7) is 3.63. The average Bonchev–Trinajstić information content (AvgIpc) is 2.67. The number of carbonyl (C=O) groups is 1. The molecule has 146 valence electrons. The van der Waals surface area contributed by atoms with Crippen LogP contribution in [-0.4, -0.2) is 56.3 Å². The first-order valence-corrected chi connectivity index (χ1v) is 9.23. The minimum Gasteiger partial charge on any atom is -0.491 e. The lowest BCUT2D eigenvalue weighted by atomic mass is 9.84. The predicted octanol–water partition coefficient (Wildman–Crippen LogP) is 2.60. The summed E-state index contributed by atoms with van der Waals surface area (Å²) in [6, 6.07) is 17.2. The number of carbonyl (C=O) groups excluding carboxylic acids is 1. The number of aliphatic hydroxyl groups is 1. The van der Waals surface area contributed by atoms with Gasteiger partial charge in [-0.25, -0.2) is 0 Å². The van der Waals surface area contributed by atoms with Crippen molar-refractivity contribution in [3.8, 4) is 5.75 Å². The van der Waals surface area contributed by atoms with E-state index in [2.05, 4.69) is 5.32 Å². The molecular weight excluding hydrogens is 340 g/mol. The van der Waals surface area contributed by atoms with Crippen LogP contribution in [0.2, 0.25) is 0 Å². The third kappa shape index (κ3) is 6.70. The summed E-state index contributed by atoms with van der Waals surface area (Å²) in [5, 5.41) is 12.8. The van der Waals surface area contributed by atoms with Gasteiger partial charge in [-0.3, -0.25) is 4.79 Å². The SMILES string of the molecule is CN(C)CCOc1ccccc1C(=O)NC[C@@](C)(CO)Cc1ccccc1. The Hall–Kier alpha value is -2.37. The van der Waals surface area contributed by atoms with Crippen molar-refractivity contribution in [2.75, 3.05) is 40.4 Å². The van der Waals surface area contributed by atoms with Gasteiger partial charge in [-0.1, -0.05) is 49.4 Å². The smallest absolute Gasteiger partial charge is 0.255 e. The third-order valence-corrected chi connectivity index (χ3v) is 4.46. The Balaban J connectivity index is 1.99. The van der Waals surface area contributed by atoms with Crippen LogP contribution in [0, 0.1) is 5.41 Å². The van der Waals surface area contributed by atoms with Crippen LogP contribution in [0.4, 0.5) is 0 Å². The van der Waals surface area contributed by atoms with Crippen molar-refractivity contribution in [3.05, 3.63) is 65.7 Å². The second-order valence-corrected chi connectivity index (χ2v) is 7.46. The van der Waals surface area contributed by atoms with Crippen molar-refractivity contribution in [3.63, 3.8) is 0 Å². The first kappa shape index (κ1) is 20.9. The molecule has 0 heterocycles. The van der Waals surface area contributed by atoms with Gasteiger partial charge in [0.05, 0.1) is 12.2 Å². The molecule has 0 aliphatic heterocycles. The number of aliphatic hydroxyl groups excluding tert-OH is 1. The van der Waals surface area contributed by atoms with Gasteiger partial charge < -0.3 is 20.1 Å². The van der Waals surface area contributed by atoms with E-state index in [1.54, 1.807) is 12.1 Å². The number of hydrogen-bond donors (Lipinski definition) is 2. The van der Waals surface area contributed by atoms with Crippen molar-refractivity contribution >= 4 is 5.91 Å². The van der Waals surface area contributed by atoms with Gasteiger partial charge >= 0.3 is 0 Å². The van der Waals surface area contributed by atoms with E-state index in [1.165, 1.54) is 0 Å². The van der Waals surface area contributed by atoms with E-state index in [1.807, 2.05) is 68.4 Å². The van der Waals surface area contributed by atoms with Gasteiger partial charge in [0, 0.05) is 18.5 Å². The summed E-state index contributed by atoms with van der Waals surface area (Å²) in [6.07, 6.45) is 0.686. The Labute approximate surface area is 162 Å². The van der Waals surface area contributed by atoms with E-state index < -0.39 is 5.41 Å². The zero-order valence-electron chi connectivity index (χ0n) is 16.4. The molecule has 0 bridgehead atoms. The maximum atomic E-state index is 12.7. The Kier molecular flexibility index (Phi) is 7.82. The van der Waals surface area contributed by atoms with Gasteiger partial charge in [0.2, 0.25) is 0 Å². The number of nitrogens with zero attached hydrogens (tertiary/aromatic N) is 1. The van der Waals surface area contributed by atoms with Gasteiger partial charge in [-0.2, -0.15) is 0 Å². The second-order valence-electron chi connectivity index (χ2n) is 7.46. The molecule has 1 amide bonds. The number of para-hydroxylation sites is 1. The van der Waals surface area contributed by atoms with E-state index in [4.69, 9.17) is 4.74 Å². The summed E-state index contributed by atoms with van der Waals surface area (Å²) in [5.74, 6) is 0.383.